The Labute approximate surface area is 91.4 Å². The zero-order chi connectivity index (χ0) is 10.0. The van der Waals surface area contributed by atoms with E-state index in [4.69, 9.17) is 11.6 Å². The highest BCUT2D eigenvalue weighted by Gasteiger charge is 2.14. The quantitative estimate of drug-likeness (QED) is 0.660. The van der Waals surface area contributed by atoms with Crippen molar-refractivity contribution in [2.75, 3.05) is 0 Å². The maximum absolute atomic E-state index is 12.3. The van der Waals surface area contributed by atoms with Gasteiger partial charge in [0.25, 0.3) is 12.0 Å². The molecule has 0 aliphatic rings. The number of pyridine rings is 1. The van der Waals surface area contributed by atoms with Crippen molar-refractivity contribution in [2.24, 2.45) is 0 Å². The Morgan fingerprint density at radius 3 is 2.69 bits per heavy atom. The number of hydrogen-bond acceptors (Lipinski definition) is 1. The number of aromatic amines is 1. The van der Waals surface area contributed by atoms with E-state index in [1.54, 1.807) is 22.6 Å². The van der Waals surface area contributed by atoms with Gasteiger partial charge in [0.1, 0.15) is 0 Å². The van der Waals surface area contributed by atoms with Crippen molar-refractivity contribution < 1.29 is 8.78 Å². The van der Waals surface area contributed by atoms with Gasteiger partial charge >= 0.3 is 0 Å². The van der Waals surface area contributed by atoms with Crippen molar-refractivity contribution >= 4 is 34.2 Å². The smallest absolute Gasteiger partial charge is 0.278 e. The van der Waals surface area contributed by atoms with E-state index in [2.05, 4.69) is 4.98 Å². The summed E-state index contributed by atoms with van der Waals surface area (Å²) < 4.78 is 24.9. The summed E-state index contributed by atoms with van der Waals surface area (Å²) in [6, 6.07) is 1.37. The molecule has 0 spiro atoms. The molecule has 1 aromatic rings. The van der Waals surface area contributed by atoms with Crippen molar-refractivity contribution in [1.29, 1.82) is 0 Å². The molecule has 0 radical (unpaired) electrons. The number of nitrogens with one attached hydrogen (secondary N) is 1. The summed E-state index contributed by atoms with van der Waals surface area (Å²) in [4.78, 5) is 13.1. The first kappa shape index (κ1) is 10.9. The Bertz CT molecular complexity index is 366. The number of rotatable bonds is 2. The molecule has 0 atom stereocenters. The predicted molar refractivity (Wildman–Crippen MR) is 54.3 cm³/mol. The molecule has 1 rings (SSSR count). The van der Waals surface area contributed by atoms with Crippen LogP contribution >= 0.6 is 34.2 Å². The van der Waals surface area contributed by atoms with E-state index < -0.39 is 12.0 Å². The fourth-order valence-electron chi connectivity index (χ4n) is 0.864. The third-order valence-electron chi connectivity index (χ3n) is 1.47. The Balaban J connectivity index is 3.33. The lowest BCUT2D eigenvalue weighted by molar-refractivity contribution is 0.145. The lowest BCUT2D eigenvalue weighted by Gasteiger charge is -2.05. The summed E-state index contributed by atoms with van der Waals surface area (Å²) in [5, 5.41) is 0. The molecule has 0 aromatic carbocycles. The van der Waals surface area contributed by atoms with E-state index in [0.29, 0.717) is 3.57 Å². The van der Waals surface area contributed by atoms with Gasteiger partial charge in [0.15, 0.2) is 0 Å². The molecule has 1 aromatic heterocycles. The molecule has 1 N–H and O–H groups in total. The largest absolute Gasteiger partial charge is 0.320 e. The van der Waals surface area contributed by atoms with Gasteiger partial charge in [0.2, 0.25) is 0 Å². The van der Waals surface area contributed by atoms with Crippen molar-refractivity contribution in [2.45, 2.75) is 12.3 Å². The first-order valence-electron chi connectivity index (χ1n) is 3.32. The van der Waals surface area contributed by atoms with Crippen LogP contribution in [-0.4, -0.2) is 4.98 Å². The second kappa shape index (κ2) is 4.36. The van der Waals surface area contributed by atoms with Gasteiger partial charge in [-0.05, 0) is 34.2 Å². The summed E-state index contributed by atoms with van der Waals surface area (Å²) in [5.41, 5.74) is -0.633. The van der Waals surface area contributed by atoms with E-state index in [1.807, 2.05) is 0 Å². The molecule has 72 valence electrons. The summed E-state index contributed by atoms with van der Waals surface area (Å²) in [6.07, 6.45) is -2.70. The zero-order valence-corrected chi connectivity index (χ0v) is 9.20. The topological polar surface area (TPSA) is 32.9 Å². The lowest BCUT2D eigenvalue weighted by atomic mass is 10.2. The van der Waals surface area contributed by atoms with Crippen molar-refractivity contribution in [3.63, 3.8) is 0 Å². The van der Waals surface area contributed by atoms with Crippen LogP contribution in [0, 0.1) is 3.57 Å². The molecular formula is C7H5ClF2INO. The van der Waals surface area contributed by atoms with Crippen LogP contribution in [0.15, 0.2) is 10.9 Å². The molecule has 0 amide bonds. The highest BCUT2D eigenvalue weighted by Crippen LogP contribution is 2.21. The van der Waals surface area contributed by atoms with Gasteiger partial charge in [0, 0.05) is 5.88 Å². The first-order chi connectivity index (χ1) is 6.06. The first-order valence-corrected chi connectivity index (χ1v) is 4.93. The van der Waals surface area contributed by atoms with E-state index in [0.717, 1.165) is 0 Å². The van der Waals surface area contributed by atoms with Crippen LogP contribution in [0.4, 0.5) is 8.78 Å². The fraction of sp³-hybridized carbons (Fsp3) is 0.286. The van der Waals surface area contributed by atoms with Crippen molar-refractivity contribution in [3.8, 4) is 0 Å². The number of alkyl halides is 3. The summed E-state index contributed by atoms with van der Waals surface area (Å²) in [7, 11) is 0. The van der Waals surface area contributed by atoms with Gasteiger partial charge in [-0.15, -0.1) is 11.6 Å². The Morgan fingerprint density at radius 2 is 2.23 bits per heavy atom. The van der Waals surface area contributed by atoms with Crippen LogP contribution in [-0.2, 0) is 5.88 Å². The van der Waals surface area contributed by atoms with Crippen molar-refractivity contribution in [1.82, 2.24) is 4.98 Å². The van der Waals surface area contributed by atoms with Crippen LogP contribution in [0.1, 0.15) is 17.7 Å². The number of H-pyrrole nitrogens is 1. The standard InChI is InChI=1S/C7H5ClF2INO/c8-2-3-1-4(11)7(13)12-5(3)6(9)10/h1,6H,2H2,(H,12,13). The molecule has 0 aliphatic carbocycles. The molecule has 1 heterocycles. The number of hydrogen-bond donors (Lipinski definition) is 1. The average Bonchev–Trinajstić information content (AvgIpc) is 2.08. The van der Waals surface area contributed by atoms with Gasteiger partial charge in [0.05, 0.1) is 9.26 Å². The van der Waals surface area contributed by atoms with Crippen LogP contribution in [0.2, 0.25) is 0 Å². The Morgan fingerprint density at radius 1 is 1.62 bits per heavy atom. The zero-order valence-electron chi connectivity index (χ0n) is 6.28. The minimum atomic E-state index is -2.70. The van der Waals surface area contributed by atoms with Gasteiger partial charge in [-0.25, -0.2) is 8.78 Å². The molecule has 0 aliphatic heterocycles. The van der Waals surface area contributed by atoms with Crippen LogP contribution < -0.4 is 5.56 Å². The second-order valence-electron chi connectivity index (χ2n) is 2.32. The molecule has 0 fully saturated rings. The minimum Gasteiger partial charge on any atom is -0.320 e. The van der Waals surface area contributed by atoms with E-state index in [-0.39, 0.29) is 17.1 Å². The predicted octanol–water partition coefficient (Wildman–Crippen LogP) is 2.66. The molecule has 0 saturated carbocycles. The fourth-order valence-corrected chi connectivity index (χ4v) is 1.60. The Kier molecular flexibility index (Phi) is 3.66. The molecule has 0 saturated heterocycles. The monoisotopic (exact) mass is 319 g/mol. The third-order valence-corrected chi connectivity index (χ3v) is 2.56. The summed E-state index contributed by atoms with van der Waals surface area (Å²) in [6.45, 7) is 0. The third kappa shape index (κ3) is 2.40. The molecular weight excluding hydrogens is 314 g/mol. The second-order valence-corrected chi connectivity index (χ2v) is 3.75. The molecule has 2 nitrogen and oxygen atoms in total. The highest BCUT2D eigenvalue weighted by atomic mass is 127. The minimum absolute atomic E-state index is 0.0353. The van der Waals surface area contributed by atoms with Crippen molar-refractivity contribution in [3.05, 3.63) is 31.2 Å². The maximum atomic E-state index is 12.3. The SMILES string of the molecule is O=c1[nH]c(C(F)F)c(CCl)cc1I. The van der Waals surface area contributed by atoms with E-state index in [1.165, 1.54) is 6.07 Å². The number of aromatic nitrogens is 1. The van der Waals surface area contributed by atoms with Gasteiger partial charge in [-0.2, -0.15) is 0 Å². The normalized spacial score (nSPS) is 10.8. The number of halogens is 4. The summed E-state index contributed by atoms with van der Waals surface area (Å²) >= 11 is 7.21. The van der Waals surface area contributed by atoms with Gasteiger partial charge in [-0.3, -0.25) is 4.79 Å². The van der Waals surface area contributed by atoms with Gasteiger partial charge < -0.3 is 4.98 Å². The van der Waals surface area contributed by atoms with Crippen LogP contribution in [0.3, 0.4) is 0 Å². The summed E-state index contributed by atoms with van der Waals surface area (Å²) in [5.74, 6) is -0.0353. The molecule has 0 bridgehead atoms. The van der Waals surface area contributed by atoms with Crippen LogP contribution in [0.5, 0.6) is 0 Å². The Hall–Kier alpha value is -0.170. The lowest BCUT2D eigenvalue weighted by Crippen LogP contribution is -2.14. The van der Waals surface area contributed by atoms with E-state index in [9.17, 15) is 13.6 Å². The molecule has 6 heteroatoms. The molecule has 13 heavy (non-hydrogen) atoms. The molecule has 0 unspecified atom stereocenters. The van der Waals surface area contributed by atoms with Gasteiger partial charge in [-0.1, -0.05) is 0 Å². The maximum Gasteiger partial charge on any atom is 0.278 e. The van der Waals surface area contributed by atoms with Crippen LogP contribution in [0.25, 0.3) is 0 Å². The highest BCUT2D eigenvalue weighted by molar-refractivity contribution is 14.1. The van der Waals surface area contributed by atoms with E-state index >= 15 is 0 Å². The average molecular weight is 319 g/mol.